The highest BCUT2D eigenvalue weighted by molar-refractivity contribution is 5.70. The molecule has 13 heavy (non-hydrogen) atoms. The van der Waals surface area contributed by atoms with Crippen molar-refractivity contribution in [2.24, 2.45) is 5.92 Å². The lowest BCUT2D eigenvalue weighted by atomic mass is 10.1. The fourth-order valence-electron chi connectivity index (χ4n) is 0.655. The van der Waals surface area contributed by atoms with Crippen LogP contribution in [0.2, 0.25) is 0 Å². The van der Waals surface area contributed by atoms with Crippen LogP contribution in [0.4, 0.5) is 0 Å². The number of hydrogen-bond donors (Lipinski definition) is 0. The van der Waals surface area contributed by atoms with Crippen LogP contribution in [0.3, 0.4) is 0 Å². The highest BCUT2D eigenvalue weighted by Gasteiger charge is 2.03. The van der Waals surface area contributed by atoms with E-state index in [1.54, 1.807) is 0 Å². The quantitative estimate of drug-likeness (QED) is 0.449. The Kier molecular flexibility index (Phi) is 7.30. The van der Waals surface area contributed by atoms with E-state index >= 15 is 0 Å². The van der Waals surface area contributed by atoms with Gasteiger partial charge in [-0.05, 0) is 5.92 Å². The molecule has 0 radical (unpaired) electrons. The molecule has 0 fully saturated rings. The Balaban J connectivity index is 3.31. The fourth-order valence-corrected chi connectivity index (χ4v) is 0.655. The lowest BCUT2D eigenvalue weighted by molar-refractivity contribution is -0.148. The number of carbonyl (C=O) groups is 1. The average Bonchev–Trinajstić information content (AvgIpc) is 2.14. The summed E-state index contributed by atoms with van der Waals surface area (Å²) in [5, 5.41) is 0. The Bertz CT molecular complexity index is 154. The van der Waals surface area contributed by atoms with Gasteiger partial charge >= 0.3 is 5.97 Å². The van der Waals surface area contributed by atoms with Gasteiger partial charge in [-0.1, -0.05) is 32.9 Å². The monoisotopic (exact) mass is 186 g/mol. The van der Waals surface area contributed by atoms with E-state index in [-0.39, 0.29) is 19.2 Å². The molecule has 0 unspecified atom stereocenters. The van der Waals surface area contributed by atoms with Crippen LogP contribution < -0.4 is 0 Å². The second-order valence-corrected chi connectivity index (χ2v) is 3.00. The highest BCUT2D eigenvalue weighted by Crippen LogP contribution is 2.00. The van der Waals surface area contributed by atoms with Gasteiger partial charge in [0.2, 0.25) is 0 Å². The number of rotatable bonds is 7. The normalized spacial score (nSPS) is 12.2. The third-order valence-corrected chi connectivity index (χ3v) is 1.68. The Morgan fingerprint density at radius 2 is 2.31 bits per heavy atom. The first-order chi connectivity index (χ1) is 6.20. The van der Waals surface area contributed by atoms with Crippen molar-refractivity contribution in [1.82, 2.24) is 0 Å². The summed E-state index contributed by atoms with van der Waals surface area (Å²) in [6, 6.07) is 0. The molecule has 0 N–H and O–H groups in total. The minimum absolute atomic E-state index is 0.0399. The first kappa shape index (κ1) is 12.2. The topological polar surface area (TPSA) is 35.5 Å². The molecule has 0 spiro atoms. The molecule has 0 amide bonds. The lowest BCUT2D eigenvalue weighted by Crippen LogP contribution is -2.15. The van der Waals surface area contributed by atoms with Gasteiger partial charge in [0.05, 0.1) is 0 Å². The molecule has 3 heteroatoms. The summed E-state index contributed by atoms with van der Waals surface area (Å²) in [7, 11) is 0. The maximum atomic E-state index is 10.9. The molecule has 0 aromatic rings. The first-order valence-electron chi connectivity index (χ1n) is 4.55. The van der Waals surface area contributed by atoms with Gasteiger partial charge < -0.3 is 9.47 Å². The first-order valence-corrected chi connectivity index (χ1v) is 4.55. The zero-order chi connectivity index (χ0) is 10.1. The Labute approximate surface area is 79.7 Å². The molecule has 0 saturated carbocycles. The van der Waals surface area contributed by atoms with Crippen molar-refractivity contribution in [2.45, 2.75) is 20.3 Å². The summed E-state index contributed by atoms with van der Waals surface area (Å²) in [6.45, 7) is 8.51. The molecule has 3 nitrogen and oxygen atoms in total. The van der Waals surface area contributed by atoms with Crippen LogP contribution in [0, 0.1) is 5.92 Å². The summed E-state index contributed by atoms with van der Waals surface area (Å²) >= 11 is 0. The van der Waals surface area contributed by atoms with Crippen molar-refractivity contribution in [3.8, 4) is 0 Å². The van der Waals surface area contributed by atoms with Gasteiger partial charge in [0.15, 0.2) is 0 Å². The number of hydrogen-bond acceptors (Lipinski definition) is 3. The highest BCUT2D eigenvalue weighted by atomic mass is 16.6. The van der Waals surface area contributed by atoms with Crippen molar-refractivity contribution in [3.05, 3.63) is 12.7 Å². The van der Waals surface area contributed by atoms with Crippen LogP contribution in [0.15, 0.2) is 12.7 Å². The van der Waals surface area contributed by atoms with E-state index in [0.717, 1.165) is 6.42 Å². The second-order valence-electron chi connectivity index (χ2n) is 3.00. The average molecular weight is 186 g/mol. The SMILES string of the molecule is C=CCOC(=O)COC[C@@H](C)CC. The summed E-state index contributed by atoms with van der Waals surface area (Å²) < 4.78 is 9.86. The molecule has 0 heterocycles. The molecule has 76 valence electrons. The van der Waals surface area contributed by atoms with Gasteiger partial charge in [0.1, 0.15) is 13.2 Å². The summed E-state index contributed by atoms with van der Waals surface area (Å²) in [4.78, 5) is 10.9. The van der Waals surface area contributed by atoms with Crippen molar-refractivity contribution in [3.63, 3.8) is 0 Å². The molecule has 0 aliphatic rings. The molecule has 0 aromatic heterocycles. The zero-order valence-corrected chi connectivity index (χ0v) is 8.41. The maximum absolute atomic E-state index is 10.9. The minimum atomic E-state index is -0.330. The molecule has 0 aliphatic heterocycles. The van der Waals surface area contributed by atoms with E-state index in [1.807, 2.05) is 0 Å². The number of carbonyl (C=O) groups excluding carboxylic acids is 1. The van der Waals surface area contributed by atoms with Crippen molar-refractivity contribution < 1.29 is 14.3 Å². The van der Waals surface area contributed by atoms with Crippen LogP contribution in [0.1, 0.15) is 20.3 Å². The van der Waals surface area contributed by atoms with E-state index < -0.39 is 0 Å². The smallest absolute Gasteiger partial charge is 0.332 e. The van der Waals surface area contributed by atoms with Crippen molar-refractivity contribution in [2.75, 3.05) is 19.8 Å². The summed E-state index contributed by atoms with van der Waals surface area (Å²) in [5.41, 5.74) is 0. The molecule has 1 atom stereocenters. The predicted octanol–water partition coefficient (Wildman–Crippen LogP) is 1.78. The van der Waals surface area contributed by atoms with Gasteiger partial charge in [0, 0.05) is 6.61 Å². The predicted molar refractivity (Wildman–Crippen MR) is 51.4 cm³/mol. The van der Waals surface area contributed by atoms with Gasteiger partial charge in [-0.15, -0.1) is 0 Å². The van der Waals surface area contributed by atoms with E-state index in [9.17, 15) is 4.79 Å². The minimum Gasteiger partial charge on any atom is -0.460 e. The van der Waals surface area contributed by atoms with E-state index in [2.05, 4.69) is 20.4 Å². The van der Waals surface area contributed by atoms with Crippen LogP contribution in [0.25, 0.3) is 0 Å². The fraction of sp³-hybridized carbons (Fsp3) is 0.700. The van der Waals surface area contributed by atoms with E-state index in [4.69, 9.17) is 9.47 Å². The van der Waals surface area contributed by atoms with E-state index in [1.165, 1.54) is 6.08 Å². The molecular formula is C10H18O3. The van der Waals surface area contributed by atoms with Crippen molar-refractivity contribution in [1.29, 1.82) is 0 Å². The standard InChI is InChI=1S/C10H18O3/c1-4-6-13-10(11)8-12-7-9(3)5-2/h4,9H,1,5-8H2,2-3H3/t9-/m0/s1. The largest absolute Gasteiger partial charge is 0.460 e. The molecule has 0 aliphatic carbocycles. The lowest BCUT2D eigenvalue weighted by Gasteiger charge is -2.08. The number of ether oxygens (including phenoxy) is 2. The maximum Gasteiger partial charge on any atom is 0.332 e. The van der Waals surface area contributed by atoms with Gasteiger partial charge in [-0.3, -0.25) is 0 Å². The van der Waals surface area contributed by atoms with Crippen LogP contribution in [-0.2, 0) is 14.3 Å². The van der Waals surface area contributed by atoms with Gasteiger partial charge in [-0.2, -0.15) is 0 Å². The van der Waals surface area contributed by atoms with Crippen LogP contribution >= 0.6 is 0 Å². The summed E-state index contributed by atoms with van der Waals surface area (Å²) in [6.07, 6.45) is 2.59. The van der Waals surface area contributed by atoms with Gasteiger partial charge in [0.25, 0.3) is 0 Å². The number of esters is 1. The zero-order valence-electron chi connectivity index (χ0n) is 8.41. The molecule has 0 rings (SSSR count). The Morgan fingerprint density at radius 3 is 2.85 bits per heavy atom. The second kappa shape index (κ2) is 7.80. The van der Waals surface area contributed by atoms with Gasteiger partial charge in [-0.25, -0.2) is 4.79 Å². The summed E-state index contributed by atoms with van der Waals surface area (Å²) in [5.74, 6) is 0.162. The van der Waals surface area contributed by atoms with Crippen LogP contribution in [-0.4, -0.2) is 25.8 Å². The Morgan fingerprint density at radius 1 is 1.62 bits per heavy atom. The van der Waals surface area contributed by atoms with Crippen molar-refractivity contribution >= 4 is 5.97 Å². The Hall–Kier alpha value is -0.830. The molecule has 0 saturated heterocycles. The van der Waals surface area contributed by atoms with E-state index in [0.29, 0.717) is 12.5 Å². The van der Waals surface area contributed by atoms with Crippen LogP contribution in [0.5, 0.6) is 0 Å². The third-order valence-electron chi connectivity index (χ3n) is 1.68. The third kappa shape index (κ3) is 7.53. The molecular weight excluding hydrogens is 168 g/mol. The molecule has 0 bridgehead atoms. The molecule has 0 aromatic carbocycles.